The number of ether oxygens (including phenoxy) is 1. The largest absolute Gasteiger partial charge is 0.487 e. The van der Waals surface area contributed by atoms with Gasteiger partial charge in [0.15, 0.2) is 11.6 Å². The van der Waals surface area contributed by atoms with Gasteiger partial charge in [-0.1, -0.05) is 26.8 Å². The van der Waals surface area contributed by atoms with Crippen molar-refractivity contribution in [2.75, 3.05) is 0 Å². The van der Waals surface area contributed by atoms with Crippen LogP contribution in [0.15, 0.2) is 18.2 Å². The molecule has 0 bridgehead atoms. The molecule has 1 aromatic rings. The SMILES string of the molecule is CC(C)(C)c1ccc(F)c(OC2CCC#CCC2)c1. The van der Waals surface area contributed by atoms with Gasteiger partial charge in [0.05, 0.1) is 0 Å². The molecule has 0 amide bonds. The first kappa shape index (κ1) is 13.9. The van der Waals surface area contributed by atoms with Crippen LogP contribution in [0.1, 0.15) is 52.0 Å². The Kier molecular flexibility index (Phi) is 4.14. The predicted molar refractivity (Wildman–Crippen MR) is 75.8 cm³/mol. The third kappa shape index (κ3) is 3.73. The van der Waals surface area contributed by atoms with E-state index in [1.54, 1.807) is 0 Å². The summed E-state index contributed by atoms with van der Waals surface area (Å²) in [7, 11) is 0. The Morgan fingerprint density at radius 2 is 1.79 bits per heavy atom. The summed E-state index contributed by atoms with van der Waals surface area (Å²) in [5.74, 6) is 6.27. The topological polar surface area (TPSA) is 9.23 Å². The first-order valence-electron chi connectivity index (χ1n) is 6.89. The lowest BCUT2D eigenvalue weighted by atomic mass is 9.87. The summed E-state index contributed by atoms with van der Waals surface area (Å²) in [5, 5.41) is 0. The highest BCUT2D eigenvalue weighted by Crippen LogP contribution is 2.29. The van der Waals surface area contributed by atoms with Crippen molar-refractivity contribution < 1.29 is 9.13 Å². The standard InChI is InChI=1S/C17H21FO/c1-17(2,3)13-10-11-15(18)16(12-13)19-14-8-6-4-5-7-9-14/h10-12,14H,6-9H2,1-3H3. The molecule has 0 aliphatic heterocycles. The van der Waals surface area contributed by atoms with Gasteiger partial charge in [0.1, 0.15) is 6.10 Å². The fourth-order valence-corrected chi connectivity index (χ4v) is 2.15. The van der Waals surface area contributed by atoms with Crippen molar-refractivity contribution in [3.63, 3.8) is 0 Å². The first-order chi connectivity index (χ1) is 8.97. The van der Waals surface area contributed by atoms with Crippen LogP contribution in [0.5, 0.6) is 5.75 Å². The monoisotopic (exact) mass is 260 g/mol. The highest BCUT2D eigenvalue weighted by Gasteiger charge is 2.18. The molecule has 0 aromatic heterocycles. The summed E-state index contributed by atoms with van der Waals surface area (Å²) in [5.41, 5.74) is 1.09. The minimum Gasteiger partial charge on any atom is -0.487 e. The van der Waals surface area contributed by atoms with Gasteiger partial charge >= 0.3 is 0 Å². The van der Waals surface area contributed by atoms with Gasteiger partial charge in [0.25, 0.3) is 0 Å². The molecule has 1 aromatic carbocycles. The zero-order valence-corrected chi connectivity index (χ0v) is 11.9. The van der Waals surface area contributed by atoms with Crippen molar-refractivity contribution >= 4 is 0 Å². The quantitative estimate of drug-likeness (QED) is 0.714. The molecular weight excluding hydrogens is 239 g/mol. The molecule has 0 heterocycles. The smallest absolute Gasteiger partial charge is 0.165 e. The fourth-order valence-electron chi connectivity index (χ4n) is 2.15. The van der Waals surface area contributed by atoms with Crippen molar-refractivity contribution in [3.8, 4) is 17.6 Å². The van der Waals surface area contributed by atoms with E-state index in [1.807, 2.05) is 12.1 Å². The molecule has 2 heteroatoms. The molecule has 1 aliphatic carbocycles. The molecule has 0 saturated heterocycles. The van der Waals surface area contributed by atoms with Crippen molar-refractivity contribution in [2.45, 2.75) is 58.0 Å². The zero-order valence-electron chi connectivity index (χ0n) is 11.9. The van der Waals surface area contributed by atoms with Gasteiger partial charge in [-0.3, -0.25) is 0 Å². The Bertz CT molecular complexity index is 490. The average molecular weight is 260 g/mol. The third-order valence-electron chi connectivity index (χ3n) is 3.40. The maximum absolute atomic E-state index is 13.9. The first-order valence-corrected chi connectivity index (χ1v) is 6.89. The number of hydrogen-bond acceptors (Lipinski definition) is 1. The van der Waals surface area contributed by atoms with Crippen LogP contribution in [0.25, 0.3) is 0 Å². The van der Waals surface area contributed by atoms with Crippen LogP contribution in [0.2, 0.25) is 0 Å². The van der Waals surface area contributed by atoms with Gasteiger partial charge < -0.3 is 4.74 Å². The Labute approximate surface area is 115 Å². The van der Waals surface area contributed by atoms with Gasteiger partial charge in [-0.15, -0.1) is 11.8 Å². The van der Waals surface area contributed by atoms with Crippen molar-refractivity contribution in [1.29, 1.82) is 0 Å². The molecule has 0 saturated carbocycles. The van der Waals surface area contributed by atoms with Crippen LogP contribution >= 0.6 is 0 Å². The third-order valence-corrected chi connectivity index (χ3v) is 3.40. The minimum absolute atomic E-state index is 0.00161. The van der Waals surface area contributed by atoms with E-state index in [9.17, 15) is 4.39 Å². The molecule has 1 aliphatic rings. The van der Waals surface area contributed by atoms with E-state index < -0.39 is 0 Å². The summed E-state index contributed by atoms with van der Waals surface area (Å²) < 4.78 is 19.7. The van der Waals surface area contributed by atoms with Gasteiger partial charge in [-0.25, -0.2) is 4.39 Å². The normalized spacial score (nSPS) is 16.4. The van der Waals surface area contributed by atoms with Crippen molar-refractivity contribution in [1.82, 2.24) is 0 Å². The lowest BCUT2D eigenvalue weighted by molar-refractivity contribution is 0.177. The number of hydrogen-bond donors (Lipinski definition) is 0. The lowest BCUT2D eigenvalue weighted by Crippen LogP contribution is -2.17. The van der Waals surface area contributed by atoms with E-state index in [4.69, 9.17) is 4.74 Å². The van der Waals surface area contributed by atoms with Crippen LogP contribution in [-0.4, -0.2) is 6.10 Å². The Morgan fingerprint density at radius 3 is 2.37 bits per heavy atom. The van der Waals surface area contributed by atoms with Gasteiger partial charge in [0.2, 0.25) is 0 Å². The van der Waals surface area contributed by atoms with E-state index in [2.05, 4.69) is 32.6 Å². The Balaban J connectivity index is 2.15. The van der Waals surface area contributed by atoms with Crippen LogP contribution in [0.4, 0.5) is 4.39 Å². The number of halogens is 1. The molecule has 0 radical (unpaired) electrons. The maximum atomic E-state index is 13.9. The molecule has 102 valence electrons. The van der Waals surface area contributed by atoms with E-state index in [0.29, 0.717) is 5.75 Å². The number of benzene rings is 1. The van der Waals surface area contributed by atoms with Crippen LogP contribution in [-0.2, 0) is 5.41 Å². The van der Waals surface area contributed by atoms with E-state index in [1.165, 1.54) is 6.07 Å². The second-order valence-corrected chi connectivity index (χ2v) is 6.07. The summed E-state index contributed by atoms with van der Waals surface area (Å²) in [4.78, 5) is 0. The summed E-state index contributed by atoms with van der Waals surface area (Å²) in [6.45, 7) is 6.34. The van der Waals surface area contributed by atoms with E-state index >= 15 is 0 Å². The minimum atomic E-state index is -0.279. The fraction of sp³-hybridized carbons (Fsp3) is 0.529. The summed E-state index contributed by atoms with van der Waals surface area (Å²) >= 11 is 0. The summed E-state index contributed by atoms with van der Waals surface area (Å²) in [6, 6.07) is 5.17. The van der Waals surface area contributed by atoms with Gasteiger partial charge in [0, 0.05) is 12.8 Å². The summed E-state index contributed by atoms with van der Waals surface area (Å²) in [6.07, 6.45) is 3.50. The molecule has 19 heavy (non-hydrogen) atoms. The molecule has 0 N–H and O–H groups in total. The van der Waals surface area contributed by atoms with Gasteiger partial charge in [-0.05, 0) is 36.0 Å². The molecule has 0 unspecified atom stereocenters. The molecule has 0 spiro atoms. The Morgan fingerprint density at radius 1 is 1.16 bits per heavy atom. The average Bonchev–Trinajstić information content (AvgIpc) is 2.59. The lowest BCUT2D eigenvalue weighted by Gasteiger charge is -2.22. The number of rotatable bonds is 2. The molecular formula is C17H21FO. The zero-order chi connectivity index (χ0) is 13.9. The molecule has 0 fully saturated rings. The highest BCUT2D eigenvalue weighted by molar-refractivity contribution is 5.34. The van der Waals surface area contributed by atoms with E-state index in [0.717, 1.165) is 31.2 Å². The van der Waals surface area contributed by atoms with Crippen LogP contribution < -0.4 is 4.74 Å². The highest BCUT2D eigenvalue weighted by atomic mass is 19.1. The van der Waals surface area contributed by atoms with Crippen LogP contribution in [0.3, 0.4) is 0 Å². The second kappa shape index (κ2) is 5.65. The molecule has 2 rings (SSSR count). The second-order valence-electron chi connectivity index (χ2n) is 6.07. The van der Waals surface area contributed by atoms with Crippen LogP contribution in [0, 0.1) is 17.7 Å². The van der Waals surface area contributed by atoms with E-state index in [-0.39, 0.29) is 17.3 Å². The van der Waals surface area contributed by atoms with Gasteiger partial charge in [-0.2, -0.15) is 0 Å². The molecule has 1 nitrogen and oxygen atoms in total. The van der Waals surface area contributed by atoms with Crippen molar-refractivity contribution in [3.05, 3.63) is 29.6 Å². The Hall–Kier alpha value is -1.49. The maximum Gasteiger partial charge on any atom is 0.165 e. The van der Waals surface area contributed by atoms with Crippen molar-refractivity contribution in [2.24, 2.45) is 0 Å². The predicted octanol–water partition coefficient (Wildman–Crippen LogP) is 4.45. The molecule has 0 atom stereocenters.